The normalized spacial score (nSPS) is 10.1. The molecule has 2 aromatic rings. The maximum absolute atomic E-state index is 12.2. The van der Waals surface area contributed by atoms with E-state index in [0.717, 1.165) is 6.42 Å². The maximum atomic E-state index is 12.2. The van der Waals surface area contributed by atoms with E-state index in [1.165, 1.54) is 0 Å². The molecule has 0 N–H and O–H groups in total. The molecule has 1 aromatic heterocycles. The number of aromatic nitrogens is 1. The standard InChI is InChI=1S/C15H15NO2/c1-2-8-18-14-9-13(10-16-11-14)15(17)12-6-4-3-5-7-12/h3-7,9-11H,2,8H2,1H3. The molecule has 18 heavy (non-hydrogen) atoms. The summed E-state index contributed by atoms with van der Waals surface area (Å²) in [4.78, 5) is 16.2. The maximum Gasteiger partial charge on any atom is 0.194 e. The Morgan fingerprint density at radius 3 is 2.67 bits per heavy atom. The predicted molar refractivity (Wildman–Crippen MR) is 69.9 cm³/mol. The van der Waals surface area contributed by atoms with Crippen LogP contribution in [0, 0.1) is 0 Å². The number of carbonyl (C=O) groups is 1. The molecule has 1 heterocycles. The highest BCUT2D eigenvalue weighted by Gasteiger charge is 2.09. The lowest BCUT2D eigenvalue weighted by molar-refractivity contribution is 0.103. The minimum Gasteiger partial charge on any atom is -0.492 e. The van der Waals surface area contributed by atoms with Crippen LogP contribution in [-0.2, 0) is 0 Å². The van der Waals surface area contributed by atoms with Crippen LogP contribution in [0.1, 0.15) is 29.3 Å². The first-order chi connectivity index (χ1) is 8.81. The summed E-state index contributed by atoms with van der Waals surface area (Å²) < 4.78 is 5.47. The second-order valence-corrected chi connectivity index (χ2v) is 3.95. The Hall–Kier alpha value is -2.16. The molecule has 0 amide bonds. The van der Waals surface area contributed by atoms with Gasteiger partial charge < -0.3 is 4.74 Å². The van der Waals surface area contributed by atoms with Crippen molar-refractivity contribution < 1.29 is 9.53 Å². The number of hydrogen-bond acceptors (Lipinski definition) is 3. The molecule has 0 saturated heterocycles. The van der Waals surface area contributed by atoms with Crippen LogP contribution in [0.2, 0.25) is 0 Å². The van der Waals surface area contributed by atoms with Crippen LogP contribution < -0.4 is 4.74 Å². The lowest BCUT2D eigenvalue weighted by Gasteiger charge is -2.05. The van der Waals surface area contributed by atoms with Gasteiger partial charge in [-0.1, -0.05) is 37.3 Å². The van der Waals surface area contributed by atoms with Gasteiger partial charge in [0, 0.05) is 17.3 Å². The molecule has 0 radical (unpaired) electrons. The fourth-order valence-corrected chi connectivity index (χ4v) is 1.60. The first kappa shape index (κ1) is 12.3. The number of ether oxygens (including phenoxy) is 1. The fraction of sp³-hybridized carbons (Fsp3) is 0.200. The average Bonchev–Trinajstić information content (AvgIpc) is 2.45. The Balaban J connectivity index is 2.20. The van der Waals surface area contributed by atoms with Gasteiger partial charge in [-0.25, -0.2) is 0 Å². The largest absolute Gasteiger partial charge is 0.492 e. The van der Waals surface area contributed by atoms with E-state index in [9.17, 15) is 4.79 Å². The van der Waals surface area contributed by atoms with E-state index in [2.05, 4.69) is 4.98 Å². The molecule has 0 aliphatic carbocycles. The third-order valence-corrected chi connectivity index (χ3v) is 2.48. The molecule has 0 saturated carbocycles. The number of benzene rings is 1. The van der Waals surface area contributed by atoms with Crippen molar-refractivity contribution in [3.05, 3.63) is 59.9 Å². The van der Waals surface area contributed by atoms with Crippen molar-refractivity contribution in [1.29, 1.82) is 0 Å². The third-order valence-electron chi connectivity index (χ3n) is 2.48. The van der Waals surface area contributed by atoms with Gasteiger partial charge in [0.2, 0.25) is 0 Å². The van der Waals surface area contributed by atoms with Crippen LogP contribution in [0.5, 0.6) is 5.75 Å². The van der Waals surface area contributed by atoms with Crippen molar-refractivity contribution in [3.8, 4) is 5.75 Å². The lowest BCUT2D eigenvalue weighted by atomic mass is 10.1. The van der Waals surface area contributed by atoms with Crippen molar-refractivity contribution in [2.24, 2.45) is 0 Å². The highest BCUT2D eigenvalue weighted by Crippen LogP contribution is 2.15. The van der Waals surface area contributed by atoms with Gasteiger partial charge in [0.05, 0.1) is 12.8 Å². The Kier molecular flexibility index (Phi) is 4.07. The van der Waals surface area contributed by atoms with Crippen LogP contribution in [0.25, 0.3) is 0 Å². The zero-order chi connectivity index (χ0) is 12.8. The van der Waals surface area contributed by atoms with Crippen molar-refractivity contribution >= 4 is 5.78 Å². The summed E-state index contributed by atoms with van der Waals surface area (Å²) in [5.74, 6) is 0.601. The van der Waals surface area contributed by atoms with Crippen LogP contribution >= 0.6 is 0 Å². The molecule has 3 nitrogen and oxygen atoms in total. The summed E-state index contributed by atoms with van der Waals surface area (Å²) in [7, 11) is 0. The van der Waals surface area contributed by atoms with Crippen LogP contribution in [-0.4, -0.2) is 17.4 Å². The van der Waals surface area contributed by atoms with Gasteiger partial charge in [-0.05, 0) is 12.5 Å². The SMILES string of the molecule is CCCOc1cncc(C(=O)c2ccccc2)c1. The summed E-state index contributed by atoms with van der Waals surface area (Å²) in [5.41, 5.74) is 1.21. The Morgan fingerprint density at radius 2 is 1.94 bits per heavy atom. The molecule has 0 aliphatic rings. The van der Waals surface area contributed by atoms with E-state index >= 15 is 0 Å². The number of rotatable bonds is 5. The van der Waals surface area contributed by atoms with E-state index in [4.69, 9.17) is 4.74 Å². The Morgan fingerprint density at radius 1 is 1.17 bits per heavy atom. The molecule has 1 aromatic carbocycles. The van der Waals surface area contributed by atoms with E-state index in [1.807, 2.05) is 25.1 Å². The highest BCUT2D eigenvalue weighted by atomic mass is 16.5. The van der Waals surface area contributed by atoms with Gasteiger partial charge in [-0.3, -0.25) is 9.78 Å². The number of carbonyl (C=O) groups excluding carboxylic acids is 1. The number of pyridine rings is 1. The molecule has 3 heteroatoms. The molecule has 0 atom stereocenters. The first-order valence-corrected chi connectivity index (χ1v) is 5.99. The summed E-state index contributed by atoms with van der Waals surface area (Å²) in [6.45, 7) is 2.66. The molecular weight excluding hydrogens is 226 g/mol. The molecule has 0 unspecified atom stereocenters. The number of hydrogen-bond donors (Lipinski definition) is 0. The van der Waals surface area contributed by atoms with Gasteiger partial charge in [-0.15, -0.1) is 0 Å². The topological polar surface area (TPSA) is 39.2 Å². The van der Waals surface area contributed by atoms with E-state index < -0.39 is 0 Å². The first-order valence-electron chi connectivity index (χ1n) is 5.99. The minimum atomic E-state index is -0.0370. The zero-order valence-corrected chi connectivity index (χ0v) is 10.3. The minimum absolute atomic E-state index is 0.0370. The van der Waals surface area contributed by atoms with Gasteiger partial charge in [0.25, 0.3) is 0 Å². The number of nitrogens with zero attached hydrogens (tertiary/aromatic N) is 1. The molecule has 0 aliphatic heterocycles. The number of ketones is 1. The second-order valence-electron chi connectivity index (χ2n) is 3.95. The van der Waals surface area contributed by atoms with Gasteiger partial charge in [0.1, 0.15) is 5.75 Å². The monoisotopic (exact) mass is 241 g/mol. The third kappa shape index (κ3) is 2.94. The summed E-state index contributed by atoms with van der Waals surface area (Å²) in [6, 6.07) is 10.9. The molecule has 0 fully saturated rings. The van der Waals surface area contributed by atoms with Gasteiger partial charge in [-0.2, -0.15) is 0 Å². The summed E-state index contributed by atoms with van der Waals surface area (Å²) in [6.07, 6.45) is 4.11. The van der Waals surface area contributed by atoms with E-state index in [0.29, 0.717) is 23.5 Å². The quantitative estimate of drug-likeness (QED) is 0.755. The van der Waals surface area contributed by atoms with Crippen molar-refractivity contribution in [1.82, 2.24) is 4.98 Å². The molecule has 2 rings (SSSR count). The smallest absolute Gasteiger partial charge is 0.194 e. The molecule has 0 spiro atoms. The lowest BCUT2D eigenvalue weighted by Crippen LogP contribution is -2.03. The van der Waals surface area contributed by atoms with Crippen LogP contribution in [0.4, 0.5) is 0 Å². The molecular formula is C15H15NO2. The second kappa shape index (κ2) is 5.96. The predicted octanol–water partition coefficient (Wildman–Crippen LogP) is 3.10. The Bertz CT molecular complexity index is 523. The summed E-state index contributed by atoms with van der Waals surface area (Å²) >= 11 is 0. The van der Waals surface area contributed by atoms with Crippen molar-refractivity contribution in [2.45, 2.75) is 13.3 Å². The van der Waals surface area contributed by atoms with E-state index in [1.54, 1.807) is 30.6 Å². The highest BCUT2D eigenvalue weighted by molar-refractivity contribution is 6.08. The van der Waals surface area contributed by atoms with Gasteiger partial charge >= 0.3 is 0 Å². The van der Waals surface area contributed by atoms with E-state index in [-0.39, 0.29) is 5.78 Å². The summed E-state index contributed by atoms with van der Waals surface area (Å²) in [5, 5.41) is 0. The average molecular weight is 241 g/mol. The van der Waals surface area contributed by atoms with Crippen molar-refractivity contribution in [2.75, 3.05) is 6.61 Å². The van der Waals surface area contributed by atoms with Gasteiger partial charge in [0.15, 0.2) is 5.78 Å². The molecule has 92 valence electrons. The zero-order valence-electron chi connectivity index (χ0n) is 10.3. The van der Waals surface area contributed by atoms with Crippen molar-refractivity contribution in [3.63, 3.8) is 0 Å². The molecule has 0 bridgehead atoms. The fourth-order valence-electron chi connectivity index (χ4n) is 1.60. The Labute approximate surface area is 106 Å². The van der Waals surface area contributed by atoms with Crippen LogP contribution in [0.15, 0.2) is 48.8 Å². The van der Waals surface area contributed by atoms with Crippen LogP contribution in [0.3, 0.4) is 0 Å².